The normalized spacial score (nSPS) is 18.7. The SMILES string of the molecule is O=C(c1cccc(C(F)(F)F)c1)c1cnc(N2CCC[C@H](F)C2)s1. The van der Waals surface area contributed by atoms with Gasteiger partial charge in [-0.25, -0.2) is 9.37 Å². The van der Waals surface area contributed by atoms with Crippen LogP contribution in [0, 0.1) is 0 Å². The Bertz CT molecular complexity index is 744. The lowest BCUT2D eigenvalue weighted by molar-refractivity contribution is -0.137. The molecule has 2 heterocycles. The maximum Gasteiger partial charge on any atom is 0.416 e. The van der Waals surface area contributed by atoms with Gasteiger partial charge in [-0.05, 0) is 25.0 Å². The molecule has 1 aliphatic rings. The maximum absolute atomic E-state index is 13.5. The zero-order valence-corrected chi connectivity index (χ0v) is 13.3. The van der Waals surface area contributed by atoms with Gasteiger partial charge in [0.2, 0.25) is 5.78 Å². The van der Waals surface area contributed by atoms with E-state index in [4.69, 9.17) is 0 Å². The maximum atomic E-state index is 13.5. The van der Waals surface area contributed by atoms with Crippen LogP contribution in [0.25, 0.3) is 0 Å². The molecule has 3 nitrogen and oxygen atoms in total. The first kappa shape index (κ1) is 16.9. The van der Waals surface area contributed by atoms with Crippen LogP contribution in [0.2, 0.25) is 0 Å². The summed E-state index contributed by atoms with van der Waals surface area (Å²) in [6.45, 7) is 0.885. The average molecular weight is 358 g/mol. The molecule has 1 saturated heterocycles. The molecule has 2 aromatic rings. The number of thiazole rings is 1. The molecular weight excluding hydrogens is 344 g/mol. The van der Waals surface area contributed by atoms with E-state index in [1.165, 1.54) is 18.3 Å². The molecule has 1 fully saturated rings. The average Bonchev–Trinajstić information content (AvgIpc) is 3.03. The van der Waals surface area contributed by atoms with Crippen molar-refractivity contribution in [1.29, 1.82) is 0 Å². The zero-order valence-electron chi connectivity index (χ0n) is 12.5. The molecule has 1 aliphatic heterocycles. The summed E-state index contributed by atoms with van der Waals surface area (Å²) in [4.78, 5) is 18.5. The Labute approximate surface area is 139 Å². The van der Waals surface area contributed by atoms with Gasteiger partial charge in [0.15, 0.2) is 5.13 Å². The summed E-state index contributed by atoms with van der Waals surface area (Å²) in [5, 5.41) is 0.521. The Hall–Kier alpha value is -1.96. The number of ketones is 1. The molecule has 1 aromatic carbocycles. The summed E-state index contributed by atoms with van der Waals surface area (Å²) < 4.78 is 51.7. The third-order valence-electron chi connectivity index (χ3n) is 3.80. The van der Waals surface area contributed by atoms with Gasteiger partial charge in [-0.3, -0.25) is 4.79 Å². The summed E-state index contributed by atoms with van der Waals surface area (Å²) in [6.07, 6.45) is -2.87. The third-order valence-corrected chi connectivity index (χ3v) is 4.86. The lowest BCUT2D eigenvalue weighted by atomic mass is 10.1. The molecule has 0 bridgehead atoms. The molecule has 128 valence electrons. The Morgan fingerprint density at radius 1 is 1.33 bits per heavy atom. The standard InChI is InChI=1S/C16H14F4N2OS/c17-12-5-2-6-22(9-12)15-21-8-13(24-15)14(23)10-3-1-4-11(7-10)16(18,19)20/h1,3-4,7-8,12H,2,5-6,9H2/t12-/m0/s1. The molecule has 8 heteroatoms. The number of rotatable bonds is 3. The second kappa shape index (κ2) is 6.51. The number of hydrogen-bond donors (Lipinski definition) is 0. The zero-order chi connectivity index (χ0) is 17.3. The number of anilines is 1. The van der Waals surface area contributed by atoms with Gasteiger partial charge in [0.25, 0.3) is 0 Å². The number of carbonyl (C=O) groups excluding carboxylic acids is 1. The van der Waals surface area contributed by atoms with E-state index < -0.39 is 23.7 Å². The van der Waals surface area contributed by atoms with Gasteiger partial charge >= 0.3 is 6.18 Å². The van der Waals surface area contributed by atoms with Gasteiger partial charge in [-0.1, -0.05) is 23.5 Å². The molecule has 24 heavy (non-hydrogen) atoms. The lowest BCUT2D eigenvalue weighted by Gasteiger charge is -2.28. The van der Waals surface area contributed by atoms with Gasteiger partial charge < -0.3 is 4.90 Å². The second-order valence-electron chi connectivity index (χ2n) is 5.60. The smallest absolute Gasteiger partial charge is 0.345 e. The fourth-order valence-corrected chi connectivity index (χ4v) is 3.51. The molecule has 0 amide bonds. The highest BCUT2D eigenvalue weighted by molar-refractivity contribution is 7.17. The molecular formula is C16H14F4N2OS. The molecule has 1 atom stereocenters. The fourth-order valence-electron chi connectivity index (χ4n) is 2.59. The van der Waals surface area contributed by atoms with E-state index in [2.05, 4.69) is 4.98 Å². The van der Waals surface area contributed by atoms with Gasteiger partial charge in [0.1, 0.15) is 6.17 Å². The third kappa shape index (κ3) is 3.58. The van der Waals surface area contributed by atoms with Crippen LogP contribution in [0.3, 0.4) is 0 Å². The predicted molar refractivity (Wildman–Crippen MR) is 83.3 cm³/mol. The van der Waals surface area contributed by atoms with Crippen molar-refractivity contribution in [2.24, 2.45) is 0 Å². The lowest BCUT2D eigenvalue weighted by Crippen LogP contribution is -2.36. The van der Waals surface area contributed by atoms with Crippen molar-refractivity contribution >= 4 is 22.3 Å². The van der Waals surface area contributed by atoms with E-state index in [-0.39, 0.29) is 17.0 Å². The molecule has 0 saturated carbocycles. The number of benzene rings is 1. The van der Waals surface area contributed by atoms with Gasteiger partial charge in [0, 0.05) is 12.1 Å². The van der Waals surface area contributed by atoms with E-state index in [1.54, 1.807) is 4.90 Å². The van der Waals surface area contributed by atoms with Crippen molar-refractivity contribution in [3.05, 3.63) is 46.5 Å². The van der Waals surface area contributed by atoms with Crippen molar-refractivity contribution in [3.8, 4) is 0 Å². The minimum absolute atomic E-state index is 0.0398. The van der Waals surface area contributed by atoms with Crippen molar-refractivity contribution in [1.82, 2.24) is 4.98 Å². The first-order chi connectivity index (χ1) is 11.3. The molecule has 0 N–H and O–H groups in total. The summed E-state index contributed by atoms with van der Waals surface area (Å²) in [7, 11) is 0. The minimum Gasteiger partial charge on any atom is -0.345 e. The van der Waals surface area contributed by atoms with E-state index >= 15 is 0 Å². The number of alkyl halides is 4. The summed E-state index contributed by atoms with van der Waals surface area (Å²) >= 11 is 1.08. The quantitative estimate of drug-likeness (QED) is 0.605. The Kier molecular flexibility index (Phi) is 4.58. The largest absolute Gasteiger partial charge is 0.416 e. The molecule has 1 aromatic heterocycles. The van der Waals surface area contributed by atoms with E-state index in [0.717, 1.165) is 23.5 Å². The minimum atomic E-state index is -4.50. The number of halogens is 4. The molecule has 0 spiro atoms. The molecule has 0 aliphatic carbocycles. The highest BCUT2D eigenvalue weighted by atomic mass is 32.1. The van der Waals surface area contributed by atoms with Crippen LogP contribution in [-0.4, -0.2) is 30.0 Å². The second-order valence-corrected chi connectivity index (χ2v) is 6.61. The number of carbonyl (C=O) groups is 1. The van der Waals surface area contributed by atoms with E-state index in [1.807, 2.05) is 0 Å². The van der Waals surface area contributed by atoms with E-state index in [0.29, 0.717) is 24.5 Å². The Morgan fingerprint density at radius 3 is 2.83 bits per heavy atom. The number of piperidine rings is 1. The van der Waals surface area contributed by atoms with Crippen LogP contribution in [0.1, 0.15) is 33.6 Å². The first-order valence-electron chi connectivity index (χ1n) is 7.41. The summed E-state index contributed by atoms with van der Waals surface area (Å²) in [6, 6.07) is 4.30. The van der Waals surface area contributed by atoms with Gasteiger partial charge in [-0.15, -0.1) is 0 Å². The topological polar surface area (TPSA) is 33.2 Å². The van der Waals surface area contributed by atoms with Crippen LogP contribution < -0.4 is 4.90 Å². The van der Waals surface area contributed by atoms with E-state index in [9.17, 15) is 22.4 Å². The van der Waals surface area contributed by atoms with Gasteiger partial charge in [0.05, 0.1) is 23.2 Å². The van der Waals surface area contributed by atoms with Crippen molar-refractivity contribution in [3.63, 3.8) is 0 Å². The van der Waals surface area contributed by atoms with Crippen LogP contribution in [0.15, 0.2) is 30.5 Å². The Balaban J connectivity index is 1.81. The number of aromatic nitrogens is 1. The highest BCUT2D eigenvalue weighted by Crippen LogP contribution is 2.31. The Morgan fingerprint density at radius 2 is 2.12 bits per heavy atom. The monoisotopic (exact) mass is 358 g/mol. The summed E-state index contributed by atoms with van der Waals surface area (Å²) in [5.41, 5.74) is -0.906. The van der Waals surface area contributed by atoms with Crippen LogP contribution >= 0.6 is 11.3 Å². The van der Waals surface area contributed by atoms with Gasteiger partial charge in [-0.2, -0.15) is 13.2 Å². The van der Waals surface area contributed by atoms with Crippen LogP contribution in [-0.2, 0) is 6.18 Å². The molecule has 0 radical (unpaired) electrons. The van der Waals surface area contributed by atoms with Crippen molar-refractivity contribution in [2.45, 2.75) is 25.2 Å². The molecule has 0 unspecified atom stereocenters. The van der Waals surface area contributed by atoms with Crippen LogP contribution in [0.5, 0.6) is 0 Å². The first-order valence-corrected chi connectivity index (χ1v) is 8.23. The number of hydrogen-bond acceptors (Lipinski definition) is 4. The highest BCUT2D eigenvalue weighted by Gasteiger charge is 2.31. The van der Waals surface area contributed by atoms with Crippen molar-refractivity contribution in [2.75, 3.05) is 18.0 Å². The fraction of sp³-hybridized carbons (Fsp3) is 0.375. The van der Waals surface area contributed by atoms with Crippen molar-refractivity contribution < 1.29 is 22.4 Å². The summed E-state index contributed by atoms with van der Waals surface area (Å²) in [5.74, 6) is -0.515. The number of nitrogens with zero attached hydrogens (tertiary/aromatic N) is 2. The predicted octanol–water partition coefficient (Wildman–Crippen LogP) is 4.33. The molecule has 3 rings (SSSR count). The van der Waals surface area contributed by atoms with Crippen LogP contribution in [0.4, 0.5) is 22.7 Å².